The number of hydrogen-bond donors (Lipinski definition) is 2. The molecule has 0 unspecified atom stereocenters. The third-order valence-electron chi connectivity index (χ3n) is 6.59. The molecule has 2 fully saturated rings. The molecule has 2 aromatic carbocycles. The molecule has 3 aliphatic rings. The van der Waals surface area contributed by atoms with Crippen molar-refractivity contribution in [3.63, 3.8) is 0 Å². The van der Waals surface area contributed by atoms with Crippen LogP contribution in [0.1, 0.15) is 11.1 Å². The summed E-state index contributed by atoms with van der Waals surface area (Å²) >= 11 is 0. The van der Waals surface area contributed by atoms with E-state index in [4.69, 9.17) is 4.74 Å². The molecule has 31 heavy (non-hydrogen) atoms. The van der Waals surface area contributed by atoms with Gasteiger partial charge in [0.2, 0.25) is 17.7 Å². The first-order valence-electron chi connectivity index (χ1n) is 10.2. The highest BCUT2D eigenvalue weighted by Crippen LogP contribution is 2.53. The van der Waals surface area contributed by atoms with Crippen LogP contribution in [-0.2, 0) is 31.1 Å². The molecule has 5 rings (SSSR count). The number of imide groups is 1. The SMILES string of the molecule is COCCN1C(=O)[C@@H]2[C@H](Cc3ccccc3)N[C@@]3(C(=O)Nc4ccc(F)cc43)[C@@H]2C1=O. The van der Waals surface area contributed by atoms with Gasteiger partial charge < -0.3 is 10.1 Å². The molecule has 0 aromatic heterocycles. The number of carbonyl (C=O) groups is 3. The molecule has 0 radical (unpaired) electrons. The Kier molecular flexibility index (Phi) is 4.64. The van der Waals surface area contributed by atoms with Crippen molar-refractivity contribution in [1.29, 1.82) is 0 Å². The molecule has 1 spiro atoms. The predicted molar refractivity (Wildman–Crippen MR) is 109 cm³/mol. The number of nitrogens with one attached hydrogen (secondary N) is 2. The van der Waals surface area contributed by atoms with E-state index in [1.54, 1.807) is 0 Å². The van der Waals surface area contributed by atoms with Gasteiger partial charge in [-0.15, -0.1) is 0 Å². The third kappa shape index (κ3) is 2.82. The molecule has 0 aliphatic carbocycles. The van der Waals surface area contributed by atoms with Crippen molar-refractivity contribution in [3.05, 3.63) is 65.5 Å². The topological polar surface area (TPSA) is 87.7 Å². The van der Waals surface area contributed by atoms with E-state index in [9.17, 15) is 18.8 Å². The fourth-order valence-corrected chi connectivity index (χ4v) is 5.28. The van der Waals surface area contributed by atoms with Crippen molar-refractivity contribution in [2.75, 3.05) is 25.6 Å². The van der Waals surface area contributed by atoms with Crippen LogP contribution in [0.4, 0.5) is 10.1 Å². The van der Waals surface area contributed by atoms with Crippen LogP contribution in [0.2, 0.25) is 0 Å². The average Bonchev–Trinajstić information content (AvgIpc) is 3.33. The Morgan fingerprint density at radius 2 is 1.87 bits per heavy atom. The number of ether oxygens (including phenoxy) is 1. The van der Waals surface area contributed by atoms with Gasteiger partial charge in [0.25, 0.3) is 0 Å². The highest BCUT2D eigenvalue weighted by Gasteiger charge is 2.70. The summed E-state index contributed by atoms with van der Waals surface area (Å²) in [6.07, 6.45) is 0.457. The molecular weight excluding hydrogens is 401 g/mol. The molecule has 8 heteroatoms. The first-order chi connectivity index (χ1) is 15.0. The maximum atomic E-state index is 14.2. The smallest absolute Gasteiger partial charge is 0.250 e. The van der Waals surface area contributed by atoms with Crippen LogP contribution in [-0.4, -0.2) is 48.9 Å². The Hall–Kier alpha value is -3.10. The van der Waals surface area contributed by atoms with E-state index in [2.05, 4.69) is 10.6 Å². The van der Waals surface area contributed by atoms with Gasteiger partial charge in [-0.2, -0.15) is 0 Å². The molecule has 160 valence electrons. The van der Waals surface area contributed by atoms with Gasteiger partial charge in [0, 0.05) is 24.4 Å². The second-order valence-corrected chi connectivity index (χ2v) is 8.22. The van der Waals surface area contributed by atoms with E-state index in [0.29, 0.717) is 17.7 Å². The lowest BCUT2D eigenvalue weighted by molar-refractivity contribution is -0.143. The number of halogens is 1. The zero-order chi connectivity index (χ0) is 21.8. The highest BCUT2D eigenvalue weighted by atomic mass is 19.1. The van der Waals surface area contributed by atoms with Crippen molar-refractivity contribution in [2.45, 2.75) is 18.0 Å². The summed E-state index contributed by atoms with van der Waals surface area (Å²) in [7, 11) is 1.50. The zero-order valence-electron chi connectivity index (χ0n) is 16.9. The lowest BCUT2D eigenvalue weighted by Gasteiger charge is -2.29. The molecule has 3 amide bonds. The van der Waals surface area contributed by atoms with E-state index in [1.807, 2.05) is 30.3 Å². The predicted octanol–water partition coefficient (Wildman–Crippen LogP) is 1.44. The second kappa shape index (κ2) is 7.25. The van der Waals surface area contributed by atoms with Crippen LogP contribution < -0.4 is 10.6 Å². The van der Waals surface area contributed by atoms with Gasteiger partial charge in [-0.05, 0) is 30.2 Å². The van der Waals surface area contributed by atoms with Crippen molar-refractivity contribution < 1.29 is 23.5 Å². The highest BCUT2D eigenvalue weighted by molar-refractivity contribution is 6.15. The van der Waals surface area contributed by atoms with Crippen LogP contribution in [0, 0.1) is 17.7 Å². The Labute approximate surface area is 178 Å². The standard InChI is InChI=1S/C23H22FN3O4/c1-31-10-9-27-20(28)18-17(11-13-5-3-2-4-6-13)26-23(19(18)21(27)29)15-12-14(24)7-8-16(15)25-22(23)30/h2-8,12,17-19,26H,9-11H2,1H3,(H,25,30)/t17-,18+,19-,23+/m0/s1. The summed E-state index contributed by atoms with van der Waals surface area (Å²) in [6, 6.07) is 13.1. The third-order valence-corrected chi connectivity index (χ3v) is 6.59. The summed E-state index contributed by atoms with van der Waals surface area (Å²) in [5, 5.41) is 6.08. The zero-order valence-corrected chi connectivity index (χ0v) is 16.9. The normalized spacial score (nSPS) is 28.9. The molecule has 3 heterocycles. The summed E-state index contributed by atoms with van der Waals surface area (Å²) < 4.78 is 19.2. The molecule has 0 bridgehead atoms. The minimum atomic E-state index is -1.49. The molecule has 2 saturated heterocycles. The van der Waals surface area contributed by atoms with Gasteiger partial charge in [0.05, 0.1) is 25.0 Å². The molecule has 3 aliphatic heterocycles. The number of likely N-dealkylation sites (tertiary alicyclic amines) is 1. The van der Waals surface area contributed by atoms with Crippen LogP contribution in [0.15, 0.2) is 48.5 Å². The Bertz CT molecular complexity index is 1080. The van der Waals surface area contributed by atoms with Crippen molar-refractivity contribution in [1.82, 2.24) is 10.2 Å². The minimum absolute atomic E-state index is 0.118. The van der Waals surface area contributed by atoms with E-state index < -0.39 is 41.0 Å². The number of methoxy groups -OCH3 is 1. The molecule has 0 saturated carbocycles. The van der Waals surface area contributed by atoms with Gasteiger partial charge in [-0.25, -0.2) is 4.39 Å². The summed E-state index contributed by atoms with van der Waals surface area (Å²) in [5.74, 6) is -3.38. The number of nitrogens with zero attached hydrogens (tertiary/aromatic N) is 1. The largest absolute Gasteiger partial charge is 0.383 e. The van der Waals surface area contributed by atoms with E-state index in [1.165, 1.54) is 30.2 Å². The molecule has 2 N–H and O–H groups in total. The lowest BCUT2D eigenvalue weighted by Crippen LogP contribution is -2.53. The number of amides is 3. The van der Waals surface area contributed by atoms with Gasteiger partial charge in [0.1, 0.15) is 11.4 Å². The lowest BCUT2D eigenvalue weighted by atomic mass is 9.76. The minimum Gasteiger partial charge on any atom is -0.383 e. The van der Waals surface area contributed by atoms with Gasteiger partial charge >= 0.3 is 0 Å². The maximum absolute atomic E-state index is 14.2. The Morgan fingerprint density at radius 1 is 1.10 bits per heavy atom. The summed E-state index contributed by atoms with van der Waals surface area (Å²) in [5.41, 5.74) is 0.312. The molecule has 2 aromatic rings. The number of benzene rings is 2. The monoisotopic (exact) mass is 423 g/mol. The molecular formula is C23H22FN3O4. The second-order valence-electron chi connectivity index (χ2n) is 8.22. The van der Waals surface area contributed by atoms with E-state index >= 15 is 0 Å². The number of rotatable bonds is 5. The van der Waals surface area contributed by atoms with Gasteiger partial charge in [0.15, 0.2) is 0 Å². The molecule has 4 atom stereocenters. The van der Waals surface area contributed by atoms with Crippen molar-refractivity contribution in [2.24, 2.45) is 11.8 Å². The van der Waals surface area contributed by atoms with E-state index in [0.717, 1.165) is 5.56 Å². The van der Waals surface area contributed by atoms with Crippen molar-refractivity contribution >= 4 is 23.4 Å². The molecule has 7 nitrogen and oxygen atoms in total. The number of fused-ring (bicyclic) bond motifs is 4. The first kappa shape index (κ1) is 19.8. The maximum Gasteiger partial charge on any atom is 0.250 e. The van der Waals surface area contributed by atoms with Crippen LogP contribution >= 0.6 is 0 Å². The Balaban J connectivity index is 1.62. The fourth-order valence-electron chi connectivity index (χ4n) is 5.28. The van der Waals surface area contributed by atoms with Crippen LogP contribution in [0.25, 0.3) is 0 Å². The number of anilines is 1. The quantitative estimate of drug-likeness (QED) is 0.711. The van der Waals surface area contributed by atoms with E-state index in [-0.39, 0.29) is 19.1 Å². The van der Waals surface area contributed by atoms with Crippen LogP contribution in [0.3, 0.4) is 0 Å². The van der Waals surface area contributed by atoms with Crippen LogP contribution in [0.5, 0.6) is 0 Å². The summed E-state index contributed by atoms with van der Waals surface area (Å²) in [6.45, 7) is 0.324. The van der Waals surface area contributed by atoms with Crippen molar-refractivity contribution in [3.8, 4) is 0 Å². The van der Waals surface area contributed by atoms with Gasteiger partial charge in [-0.3, -0.25) is 24.6 Å². The number of carbonyl (C=O) groups excluding carboxylic acids is 3. The Morgan fingerprint density at radius 3 is 2.61 bits per heavy atom. The van der Waals surface area contributed by atoms with Gasteiger partial charge in [-0.1, -0.05) is 30.3 Å². The first-order valence-corrected chi connectivity index (χ1v) is 10.2. The average molecular weight is 423 g/mol. The fraction of sp³-hybridized carbons (Fsp3) is 0.348. The summed E-state index contributed by atoms with van der Waals surface area (Å²) in [4.78, 5) is 41.2. The number of hydrogen-bond acceptors (Lipinski definition) is 5.